The number of rotatable bonds is 4. The van der Waals surface area contributed by atoms with E-state index in [1.54, 1.807) is 0 Å². The SMILES string of the molecule is COc1cc(C=O)c(C(N)=O)c([N+](=O)[O-])c1. The number of benzene rings is 1. The maximum atomic E-state index is 11.0. The molecule has 0 unspecified atom stereocenters. The van der Waals surface area contributed by atoms with E-state index in [9.17, 15) is 19.7 Å². The van der Waals surface area contributed by atoms with E-state index in [1.807, 2.05) is 0 Å². The molecule has 1 rings (SSSR count). The number of nitro groups is 1. The van der Waals surface area contributed by atoms with Gasteiger partial charge in [0.25, 0.3) is 11.6 Å². The van der Waals surface area contributed by atoms with Gasteiger partial charge in [-0.25, -0.2) is 0 Å². The van der Waals surface area contributed by atoms with Gasteiger partial charge in [-0.2, -0.15) is 0 Å². The zero-order valence-electron chi connectivity index (χ0n) is 8.30. The molecule has 84 valence electrons. The molecule has 0 atom stereocenters. The number of nitro benzene ring substituents is 1. The Balaban J connectivity index is 3.60. The summed E-state index contributed by atoms with van der Waals surface area (Å²) in [6.45, 7) is 0. The third-order valence-corrected chi connectivity index (χ3v) is 1.93. The summed E-state index contributed by atoms with van der Waals surface area (Å²) in [6, 6.07) is 2.24. The molecular formula is C9H8N2O5. The minimum absolute atomic E-state index is 0.110. The average Bonchev–Trinajstić information content (AvgIpc) is 2.26. The van der Waals surface area contributed by atoms with Crippen LogP contribution in [0.3, 0.4) is 0 Å². The smallest absolute Gasteiger partial charge is 0.286 e. The molecule has 0 fully saturated rings. The van der Waals surface area contributed by atoms with Crippen LogP contribution in [0.5, 0.6) is 5.75 Å². The molecule has 0 bridgehead atoms. The van der Waals surface area contributed by atoms with Gasteiger partial charge in [0, 0.05) is 5.56 Å². The monoisotopic (exact) mass is 224 g/mol. The largest absolute Gasteiger partial charge is 0.496 e. The van der Waals surface area contributed by atoms with Crippen LogP contribution in [0.15, 0.2) is 12.1 Å². The van der Waals surface area contributed by atoms with E-state index >= 15 is 0 Å². The van der Waals surface area contributed by atoms with Gasteiger partial charge in [0.2, 0.25) is 0 Å². The normalized spacial score (nSPS) is 9.56. The molecule has 7 heteroatoms. The maximum Gasteiger partial charge on any atom is 0.286 e. The van der Waals surface area contributed by atoms with Crippen molar-refractivity contribution in [2.24, 2.45) is 5.73 Å². The lowest BCUT2D eigenvalue weighted by Crippen LogP contribution is -2.16. The molecule has 0 aliphatic heterocycles. The van der Waals surface area contributed by atoms with Gasteiger partial charge in [0.1, 0.15) is 11.3 Å². The van der Waals surface area contributed by atoms with E-state index in [-0.39, 0.29) is 11.3 Å². The number of ether oxygens (including phenoxy) is 1. The molecule has 0 saturated heterocycles. The molecule has 2 N–H and O–H groups in total. The molecule has 1 amide bonds. The van der Waals surface area contributed by atoms with Gasteiger partial charge < -0.3 is 10.5 Å². The van der Waals surface area contributed by atoms with Crippen LogP contribution in [0, 0.1) is 10.1 Å². The quantitative estimate of drug-likeness (QED) is 0.455. The van der Waals surface area contributed by atoms with E-state index in [2.05, 4.69) is 0 Å². The van der Waals surface area contributed by atoms with E-state index in [0.29, 0.717) is 6.29 Å². The Kier molecular flexibility index (Phi) is 3.19. The average molecular weight is 224 g/mol. The van der Waals surface area contributed by atoms with Gasteiger partial charge in [-0.3, -0.25) is 19.7 Å². The molecule has 0 aliphatic carbocycles. The number of nitrogens with zero attached hydrogens (tertiary/aromatic N) is 1. The fourth-order valence-electron chi connectivity index (χ4n) is 1.25. The Bertz CT molecular complexity index is 469. The van der Waals surface area contributed by atoms with Crippen LogP contribution in [0.1, 0.15) is 20.7 Å². The van der Waals surface area contributed by atoms with Crippen LogP contribution >= 0.6 is 0 Å². The van der Waals surface area contributed by atoms with Crippen molar-refractivity contribution in [3.63, 3.8) is 0 Å². The highest BCUT2D eigenvalue weighted by molar-refractivity contribution is 6.04. The van der Waals surface area contributed by atoms with E-state index in [1.165, 1.54) is 13.2 Å². The second-order valence-corrected chi connectivity index (χ2v) is 2.85. The topological polar surface area (TPSA) is 113 Å². The van der Waals surface area contributed by atoms with Gasteiger partial charge in [0.05, 0.1) is 18.1 Å². The van der Waals surface area contributed by atoms with Crippen molar-refractivity contribution in [3.05, 3.63) is 33.4 Å². The van der Waals surface area contributed by atoms with Crippen LogP contribution in [0.25, 0.3) is 0 Å². The number of hydrogen-bond donors (Lipinski definition) is 1. The predicted octanol–water partition coefficient (Wildman–Crippen LogP) is 0.515. The summed E-state index contributed by atoms with van der Waals surface area (Å²) in [4.78, 5) is 31.6. The zero-order chi connectivity index (χ0) is 12.3. The number of primary amides is 1. The van der Waals surface area contributed by atoms with Crippen molar-refractivity contribution in [2.45, 2.75) is 0 Å². The highest BCUT2D eigenvalue weighted by Crippen LogP contribution is 2.27. The molecule has 0 aliphatic rings. The summed E-state index contributed by atoms with van der Waals surface area (Å²) in [5, 5.41) is 10.7. The first-order chi connectivity index (χ1) is 7.51. The lowest BCUT2D eigenvalue weighted by molar-refractivity contribution is -0.385. The Morgan fingerprint density at radius 1 is 1.56 bits per heavy atom. The number of amides is 1. The van der Waals surface area contributed by atoms with Crippen molar-refractivity contribution in [1.82, 2.24) is 0 Å². The van der Waals surface area contributed by atoms with Gasteiger partial charge in [-0.15, -0.1) is 0 Å². The first-order valence-corrected chi connectivity index (χ1v) is 4.12. The summed E-state index contributed by atoms with van der Waals surface area (Å²) < 4.78 is 4.77. The Morgan fingerprint density at radius 2 is 2.19 bits per heavy atom. The maximum absolute atomic E-state index is 11.0. The molecule has 0 saturated carbocycles. The van der Waals surface area contributed by atoms with Crippen molar-refractivity contribution < 1.29 is 19.2 Å². The first-order valence-electron chi connectivity index (χ1n) is 4.12. The Hall–Kier alpha value is -2.44. The van der Waals surface area contributed by atoms with Crippen molar-refractivity contribution >= 4 is 17.9 Å². The third kappa shape index (κ3) is 1.97. The van der Waals surface area contributed by atoms with Crippen molar-refractivity contribution in [3.8, 4) is 5.75 Å². The minimum Gasteiger partial charge on any atom is -0.496 e. The molecule has 0 aromatic heterocycles. The lowest BCUT2D eigenvalue weighted by atomic mass is 10.1. The number of carbonyl (C=O) groups excluding carboxylic acids is 2. The molecule has 7 nitrogen and oxygen atoms in total. The predicted molar refractivity (Wildman–Crippen MR) is 53.6 cm³/mol. The Morgan fingerprint density at radius 3 is 2.56 bits per heavy atom. The molecule has 0 heterocycles. The van der Waals surface area contributed by atoms with Crippen LogP contribution in [-0.4, -0.2) is 24.2 Å². The lowest BCUT2D eigenvalue weighted by Gasteiger charge is -2.05. The fraction of sp³-hybridized carbons (Fsp3) is 0.111. The summed E-state index contributed by atoms with van der Waals surface area (Å²) in [5.41, 5.74) is 3.85. The molecule has 1 aromatic rings. The fourth-order valence-corrected chi connectivity index (χ4v) is 1.25. The van der Waals surface area contributed by atoms with Crippen LogP contribution in [0.4, 0.5) is 5.69 Å². The zero-order valence-corrected chi connectivity index (χ0v) is 8.30. The number of carbonyl (C=O) groups is 2. The highest BCUT2D eigenvalue weighted by atomic mass is 16.6. The molecule has 16 heavy (non-hydrogen) atoms. The van der Waals surface area contributed by atoms with Gasteiger partial charge in [-0.1, -0.05) is 0 Å². The minimum atomic E-state index is -1.03. The number of nitrogens with two attached hydrogens (primary N) is 1. The summed E-state index contributed by atoms with van der Waals surface area (Å²) in [5.74, 6) is -0.921. The van der Waals surface area contributed by atoms with Crippen molar-refractivity contribution in [2.75, 3.05) is 7.11 Å². The second kappa shape index (κ2) is 4.39. The molecule has 1 aromatic carbocycles. The summed E-state index contributed by atoms with van der Waals surface area (Å²) in [7, 11) is 1.29. The second-order valence-electron chi connectivity index (χ2n) is 2.85. The molecule has 0 spiro atoms. The number of aldehydes is 1. The third-order valence-electron chi connectivity index (χ3n) is 1.93. The first kappa shape index (κ1) is 11.6. The van der Waals surface area contributed by atoms with Crippen LogP contribution < -0.4 is 10.5 Å². The molecule has 0 radical (unpaired) electrons. The van der Waals surface area contributed by atoms with E-state index < -0.39 is 22.1 Å². The highest BCUT2D eigenvalue weighted by Gasteiger charge is 2.23. The van der Waals surface area contributed by atoms with Gasteiger partial charge in [-0.05, 0) is 6.07 Å². The molecular weight excluding hydrogens is 216 g/mol. The van der Waals surface area contributed by atoms with Crippen LogP contribution in [0.2, 0.25) is 0 Å². The van der Waals surface area contributed by atoms with E-state index in [4.69, 9.17) is 10.5 Å². The number of hydrogen-bond acceptors (Lipinski definition) is 5. The summed E-state index contributed by atoms with van der Waals surface area (Å²) >= 11 is 0. The Labute approximate surface area is 90.0 Å². The van der Waals surface area contributed by atoms with Gasteiger partial charge in [0.15, 0.2) is 6.29 Å². The van der Waals surface area contributed by atoms with Crippen LogP contribution in [-0.2, 0) is 0 Å². The summed E-state index contributed by atoms with van der Waals surface area (Å²) in [6.07, 6.45) is 0.315. The van der Waals surface area contributed by atoms with Crippen molar-refractivity contribution in [1.29, 1.82) is 0 Å². The standard InChI is InChI=1S/C9H8N2O5/c1-16-6-2-5(4-12)8(9(10)13)7(3-6)11(14)15/h2-4H,1H3,(H2,10,13). The number of methoxy groups -OCH3 is 1. The van der Waals surface area contributed by atoms with Gasteiger partial charge >= 0.3 is 0 Å². The van der Waals surface area contributed by atoms with E-state index in [0.717, 1.165) is 6.07 Å².